The molecule has 0 bridgehead atoms. The predicted octanol–water partition coefficient (Wildman–Crippen LogP) is 2.12. The third kappa shape index (κ3) is 2.61. The van der Waals surface area contributed by atoms with Gasteiger partial charge in [0.2, 0.25) is 0 Å². The number of benzene rings is 1. The van der Waals surface area contributed by atoms with Crippen molar-refractivity contribution in [2.24, 2.45) is 0 Å². The fourth-order valence-electron chi connectivity index (χ4n) is 2.27. The average molecular weight is 360 g/mol. The summed E-state index contributed by atoms with van der Waals surface area (Å²) in [4.78, 5) is 14.4. The van der Waals surface area contributed by atoms with Crippen molar-refractivity contribution in [1.82, 2.24) is 4.90 Å². The highest BCUT2D eigenvalue weighted by molar-refractivity contribution is 14.1. The van der Waals surface area contributed by atoms with E-state index in [0.717, 1.165) is 3.57 Å². The van der Waals surface area contributed by atoms with Gasteiger partial charge in [-0.2, -0.15) is 0 Å². The van der Waals surface area contributed by atoms with Crippen molar-refractivity contribution in [2.75, 3.05) is 18.9 Å². The first-order valence-corrected chi connectivity index (χ1v) is 7.04. The lowest BCUT2D eigenvalue weighted by Gasteiger charge is -2.39. The van der Waals surface area contributed by atoms with Gasteiger partial charge in [0.1, 0.15) is 0 Å². The number of carbonyl (C=O) groups is 1. The molecule has 0 saturated carbocycles. The van der Waals surface area contributed by atoms with Gasteiger partial charge in [-0.3, -0.25) is 4.79 Å². The normalized spacial score (nSPS) is 24.1. The third-order valence-electron chi connectivity index (χ3n) is 3.15. The largest absolute Gasteiger partial charge is 0.398 e. The number of halogens is 1. The Balaban J connectivity index is 2.29. The Hall–Kier alpha value is -0.820. The number of anilines is 1. The van der Waals surface area contributed by atoms with Gasteiger partial charge >= 0.3 is 0 Å². The van der Waals surface area contributed by atoms with Crippen molar-refractivity contribution in [3.63, 3.8) is 0 Å². The first-order valence-electron chi connectivity index (χ1n) is 5.96. The number of nitrogen functional groups attached to an aromatic ring is 1. The number of amides is 1. The van der Waals surface area contributed by atoms with Crippen molar-refractivity contribution in [2.45, 2.75) is 25.9 Å². The minimum absolute atomic E-state index is 0.00722. The molecular weight excluding hydrogens is 343 g/mol. The Morgan fingerprint density at radius 3 is 2.56 bits per heavy atom. The molecule has 1 saturated heterocycles. The number of ether oxygens (including phenoxy) is 1. The molecule has 1 heterocycles. The molecule has 0 spiro atoms. The Bertz CT molecular complexity index is 454. The van der Waals surface area contributed by atoms with Crippen molar-refractivity contribution >= 4 is 34.2 Å². The molecule has 2 N–H and O–H groups in total. The summed E-state index contributed by atoms with van der Waals surface area (Å²) in [6.07, 6.45) is 0. The summed E-state index contributed by atoms with van der Waals surface area (Å²) < 4.78 is 6.47. The van der Waals surface area contributed by atoms with E-state index in [2.05, 4.69) is 22.6 Å². The summed E-state index contributed by atoms with van der Waals surface area (Å²) in [5, 5.41) is 0. The maximum atomic E-state index is 12.5. The molecule has 0 radical (unpaired) electrons. The van der Waals surface area contributed by atoms with Crippen LogP contribution in [0.1, 0.15) is 24.2 Å². The van der Waals surface area contributed by atoms with Crippen LogP contribution >= 0.6 is 22.6 Å². The zero-order chi connectivity index (χ0) is 13.3. The van der Waals surface area contributed by atoms with Crippen molar-refractivity contribution in [3.05, 3.63) is 27.3 Å². The number of morpholine rings is 1. The van der Waals surface area contributed by atoms with Crippen LogP contribution in [0.4, 0.5) is 5.69 Å². The van der Waals surface area contributed by atoms with Crippen LogP contribution in [0.25, 0.3) is 0 Å². The molecular formula is C13H17IN2O2. The quantitative estimate of drug-likeness (QED) is 0.617. The van der Waals surface area contributed by atoms with Gasteiger partial charge in [0.05, 0.1) is 30.9 Å². The van der Waals surface area contributed by atoms with Crippen LogP contribution in [0.5, 0.6) is 0 Å². The molecule has 1 amide bonds. The lowest BCUT2D eigenvalue weighted by Crippen LogP contribution is -2.52. The van der Waals surface area contributed by atoms with Crippen LogP contribution < -0.4 is 5.73 Å². The molecule has 0 aromatic heterocycles. The van der Waals surface area contributed by atoms with E-state index in [1.54, 1.807) is 6.07 Å². The summed E-state index contributed by atoms with van der Waals surface area (Å²) >= 11 is 2.18. The zero-order valence-corrected chi connectivity index (χ0v) is 12.7. The van der Waals surface area contributed by atoms with Crippen molar-refractivity contribution in [1.29, 1.82) is 0 Å². The molecule has 0 aliphatic carbocycles. The van der Waals surface area contributed by atoms with Gasteiger partial charge in [0.15, 0.2) is 0 Å². The Morgan fingerprint density at radius 1 is 1.39 bits per heavy atom. The van der Waals surface area contributed by atoms with E-state index >= 15 is 0 Å². The van der Waals surface area contributed by atoms with E-state index in [1.807, 2.05) is 30.9 Å². The van der Waals surface area contributed by atoms with Crippen LogP contribution in [-0.4, -0.2) is 36.1 Å². The monoisotopic (exact) mass is 360 g/mol. The van der Waals surface area contributed by atoms with E-state index in [9.17, 15) is 4.79 Å². The number of hydrogen-bond acceptors (Lipinski definition) is 3. The maximum Gasteiger partial charge on any atom is 0.256 e. The first kappa shape index (κ1) is 13.6. The fraction of sp³-hybridized carbons (Fsp3) is 0.462. The summed E-state index contributed by atoms with van der Waals surface area (Å²) in [6, 6.07) is 5.69. The lowest BCUT2D eigenvalue weighted by atomic mass is 10.1. The van der Waals surface area contributed by atoms with Gasteiger partial charge in [-0.15, -0.1) is 0 Å². The minimum atomic E-state index is -0.00722. The third-order valence-corrected chi connectivity index (χ3v) is 3.82. The molecule has 2 atom stereocenters. The Kier molecular flexibility index (Phi) is 4.11. The number of rotatable bonds is 1. The number of hydrogen-bond donors (Lipinski definition) is 1. The molecule has 5 heteroatoms. The van der Waals surface area contributed by atoms with Crippen molar-refractivity contribution < 1.29 is 9.53 Å². The van der Waals surface area contributed by atoms with Crippen molar-refractivity contribution in [3.8, 4) is 0 Å². The number of carbonyl (C=O) groups excluding carboxylic acids is 1. The van der Waals surface area contributed by atoms with E-state index in [4.69, 9.17) is 10.5 Å². The molecule has 1 fully saturated rings. The predicted molar refractivity (Wildman–Crippen MR) is 79.5 cm³/mol. The highest BCUT2D eigenvalue weighted by Gasteiger charge is 2.31. The Morgan fingerprint density at radius 2 is 2.00 bits per heavy atom. The highest BCUT2D eigenvalue weighted by Crippen LogP contribution is 2.22. The first-order chi connectivity index (χ1) is 8.50. The molecule has 98 valence electrons. The van der Waals surface area contributed by atoms with Crippen LogP contribution in [-0.2, 0) is 4.74 Å². The van der Waals surface area contributed by atoms with E-state index in [1.165, 1.54) is 0 Å². The zero-order valence-electron chi connectivity index (χ0n) is 10.5. The summed E-state index contributed by atoms with van der Waals surface area (Å²) in [7, 11) is 0. The van der Waals surface area contributed by atoms with Crippen LogP contribution in [0.2, 0.25) is 0 Å². The number of nitrogens with zero attached hydrogens (tertiary/aromatic N) is 1. The second kappa shape index (κ2) is 5.44. The maximum absolute atomic E-state index is 12.5. The van der Waals surface area contributed by atoms with Crippen LogP contribution in [0.15, 0.2) is 18.2 Å². The molecule has 2 rings (SSSR count). The summed E-state index contributed by atoms with van der Waals surface area (Å²) in [6.45, 7) is 5.16. The second-order valence-electron chi connectivity index (χ2n) is 4.68. The van der Waals surface area contributed by atoms with Gasteiger partial charge in [-0.1, -0.05) is 0 Å². The highest BCUT2D eigenvalue weighted by atomic mass is 127. The summed E-state index contributed by atoms with van der Waals surface area (Å²) in [5.74, 6) is -0.00722. The average Bonchev–Trinajstić information content (AvgIpc) is 2.28. The minimum Gasteiger partial charge on any atom is -0.398 e. The van der Waals surface area contributed by atoms with Gasteiger partial charge in [-0.25, -0.2) is 0 Å². The fourth-order valence-corrected chi connectivity index (χ4v) is 2.79. The van der Waals surface area contributed by atoms with E-state index in [-0.39, 0.29) is 18.0 Å². The van der Waals surface area contributed by atoms with Gasteiger partial charge in [0, 0.05) is 9.26 Å². The summed E-state index contributed by atoms with van der Waals surface area (Å²) in [5.41, 5.74) is 7.06. The molecule has 1 aliphatic heterocycles. The van der Waals surface area contributed by atoms with Gasteiger partial charge in [-0.05, 0) is 54.6 Å². The second-order valence-corrected chi connectivity index (χ2v) is 5.93. The molecule has 1 aliphatic rings. The van der Waals surface area contributed by atoms with Crippen LogP contribution in [0, 0.1) is 3.57 Å². The van der Waals surface area contributed by atoms with E-state index < -0.39 is 0 Å². The molecule has 2 unspecified atom stereocenters. The lowest BCUT2D eigenvalue weighted by molar-refractivity contribution is -0.0249. The van der Waals surface area contributed by atoms with E-state index in [0.29, 0.717) is 24.5 Å². The van der Waals surface area contributed by atoms with Crippen LogP contribution in [0.3, 0.4) is 0 Å². The Labute approximate surface area is 121 Å². The molecule has 1 aromatic carbocycles. The topological polar surface area (TPSA) is 55.6 Å². The van der Waals surface area contributed by atoms with Gasteiger partial charge in [0.25, 0.3) is 5.91 Å². The molecule has 4 nitrogen and oxygen atoms in total. The smallest absolute Gasteiger partial charge is 0.256 e. The molecule has 1 aromatic rings. The standard InChI is InChI=1S/C13H17IN2O2/c1-8-6-18-7-9(2)16(8)13(17)11-4-3-10(14)5-12(11)15/h3-5,8-9H,6-7,15H2,1-2H3. The number of nitrogens with two attached hydrogens (primary N) is 1. The SMILES string of the molecule is CC1COCC(C)N1C(=O)c1ccc(I)cc1N. The molecule has 18 heavy (non-hydrogen) atoms. The van der Waals surface area contributed by atoms with Gasteiger partial charge < -0.3 is 15.4 Å².